The maximum absolute atomic E-state index is 14.0. The molecule has 5 nitrogen and oxygen atoms in total. The summed E-state index contributed by atoms with van der Waals surface area (Å²) in [5, 5.41) is 2.90. The van der Waals surface area contributed by atoms with Crippen molar-refractivity contribution in [1.82, 2.24) is 10.2 Å². The van der Waals surface area contributed by atoms with Gasteiger partial charge in [-0.05, 0) is 38.1 Å². The molecule has 0 unspecified atom stereocenters. The second-order valence-corrected chi connectivity index (χ2v) is 6.06. The van der Waals surface area contributed by atoms with Crippen LogP contribution in [0.15, 0.2) is 18.2 Å². The molecule has 7 heteroatoms. The Balaban J connectivity index is 2.13. The van der Waals surface area contributed by atoms with E-state index in [1.54, 1.807) is 0 Å². The van der Waals surface area contributed by atoms with E-state index in [2.05, 4.69) is 5.32 Å². The topological polar surface area (TPSA) is 58.6 Å². The van der Waals surface area contributed by atoms with Crippen LogP contribution in [0.1, 0.15) is 37.3 Å². The highest BCUT2D eigenvalue weighted by Gasteiger charge is 2.30. The number of esters is 1. The van der Waals surface area contributed by atoms with Gasteiger partial charge in [0.2, 0.25) is 5.91 Å². The van der Waals surface area contributed by atoms with E-state index in [0.29, 0.717) is 0 Å². The molecule has 24 heavy (non-hydrogen) atoms. The maximum Gasteiger partial charge on any atom is 0.327 e. The molecule has 0 spiro atoms. The molecule has 0 aliphatic heterocycles. The minimum Gasteiger partial charge on any atom is -0.468 e. The second-order valence-electron chi connectivity index (χ2n) is 6.06. The van der Waals surface area contributed by atoms with Gasteiger partial charge in [0.25, 0.3) is 0 Å². The Morgan fingerprint density at radius 3 is 2.62 bits per heavy atom. The molecule has 0 bridgehead atoms. The summed E-state index contributed by atoms with van der Waals surface area (Å²) in [5.74, 6) is -2.40. The number of carbonyl (C=O) groups excluding carboxylic acids is 2. The number of halogens is 2. The van der Waals surface area contributed by atoms with Crippen molar-refractivity contribution in [3.05, 3.63) is 35.4 Å². The molecule has 1 amide bonds. The molecular weight excluding hydrogens is 318 g/mol. The first-order valence-corrected chi connectivity index (χ1v) is 7.94. The predicted molar refractivity (Wildman–Crippen MR) is 84.1 cm³/mol. The molecule has 0 aromatic heterocycles. The third-order valence-corrected chi connectivity index (χ3v) is 4.23. The van der Waals surface area contributed by atoms with Gasteiger partial charge >= 0.3 is 5.97 Å². The van der Waals surface area contributed by atoms with Gasteiger partial charge in [0.05, 0.1) is 13.7 Å². The molecule has 1 aliphatic carbocycles. The van der Waals surface area contributed by atoms with Crippen molar-refractivity contribution in [2.24, 2.45) is 0 Å². The standard InChI is InChI=1S/C17H22F2N2O3/c1-21(10-15(22)20-12-5-3-4-6-12)16(17(23)24-2)13-9-11(18)7-8-14(13)19/h7-9,12,16H,3-6,10H2,1-2H3,(H,20,22)/t16-/m0/s1. The number of methoxy groups -OCH3 is 1. The molecule has 0 saturated heterocycles. The van der Waals surface area contributed by atoms with Crippen molar-refractivity contribution in [1.29, 1.82) is 0 Å². The zero-order chi connectivity index (χ0) is 17.7. The zero-order valence-corrected chi connectivity index (χ0v) is 13.9. The monoisotopic (exact) mass is 340 g/mol. The number of nitrogens with one attached hydrogen (secondary N) is 1. The molecule has 1 atom stereocenters. The number of hydrogen-bond donors (Lipinski definition) is 1. The smallest absolute Gasteiger partial charge is 0.327 e. The first kappa shape index (κ1) is 18.3. The average Bonchev–Trinajstić information content (AvgIpc) is 3.03. The Morgan fingerprint density at radius 2 is 2.00 bits per heavy atom. The Bertz CT molecular complexity index is 603. The summed E-state index contributed by atoms with van der Waals surface area (Å²) in [5.41, 5.74) is -0.155. The molecule has 2 rings (SSSR count). The van der Waals surface area contributed by atoms with Gasteiger partial charge in [-0.15, -0.1) is 0 Å². The van der Waals surface area contributed by atoms with Gasteiger partial charge in [0, 0.05) is 11.6 Å². The maximum atomic E-state index is 14.0. The lowest BCUT2D eigenvalue weighted by atomic mass is 10.0. The molecule has 1 aromatic carbocycles. The summed E-state index contributed by atoms with van der Waals surface area (Å²) in [7, 11) is 2.67. The molecule has 1 N–H and O–H groups in total. The van der Waals surface area contributed by atoms with E-state index < -0.39 is 23.6 Å². The first-order chi connectivity index (χ1) is 11.4. The summed E-state index contributed by atoms with van der Waals surface area (Å²) in [4.78, 5) is 25.5. The van der Waals surface area contributed by atoms with Crippen molar-refractivity contribution >= 4 is 11.9 Å². The fraction of sp³-hybridized carbons (Fsp3) is 0.529. The van der Waals surface area contributed by atoms with Crippen LogP contribution in [0, 0.1) is 11.6 Å². The zero-order valence-electron chi connectivity index (χ0n) is 13.9. The molecule has 0 radical (unpaired) electrons. The number of ether oxygens (including phenoxy) is 1. The minimum absolute atomic E-state index is 0.119. The third-order valence-electron chi connectivity index (χ3n) is 4.23. The summed E-state index contributed by atoms with van der Waals surface area (Å²) in [6.07, 6.45) is 4.04. The number of benzene rings is 1. The van der Waals surface area contributed by atoms with E-state index in [-0.39, 0.29) is 24.1 Å². The van der Waals surface area contributed by atoms with Crippen LogP contribution in [-0.4, -0.2) is 43.5 Å². The van der Waals surface area contributed by atoms with E-state index in [1.165, 1.54) is 19.1 Å². The highest BCUT2D eigenvalue weighted by Crippen LogP contribution is 2.25. The fourth-order valence-corrected chi connectivity index (χ4v) is 3.04. The van der Waals surface area contributed by atoms with Gasteiger partial charge in [0.15, 0.2) is 0 Å². The molecule has 1 aliphatic rings. The van der Waals surface area contributed by atoms with Crippen LogP contribution in [-0.2, 0) is 14.3 Å². The van der Waals surface area contributed by atoms with Crippen LogP contribution >= 0.6 is 0 Å². The lowest BCUT2D eigenvalue weighted by molar-refractivity contribution is -0.147. The Morgan fingerprint density at radius 1 is 1.33 bits per heavy atom. The van der Waals surface area contributed by atoms with Crippen molar-refractivity contribution in [2.45, 2.75) is 37.8 Å². The normalized spacial score (nSPS) is 16.2. The Kier molecular flexibility index (Phi) is 6.25. The van der Waals surface area contributed by atoms with Gasteiger partial charge in [-0.3, -0.25) is 9.69 Å². The molecule has 132 valence electrons. The first-order valence-electron chi connectivity index (χ1n) is 7.94. The predicted octanol–water partition coefficient (Wildman–Crippen LogP) is 2.17. The van der Waals surface area contributed by atoms with E-state index >= 15 is 0 Å². The van der Waals surface area contributed by atoms with E-state index in [0.717, 1.165) is 43.9 Å². The van der Waals surface area contributed by atoms with Gasteiger partial charge in [-0.25, -0.2) is 13.6 Å². The fourth-order valence-electron chi connectivity index (χ4n) is 3.04. The van der Waals surface area contributed by atoms with Crippen LogP contribution in [0.2, 0.25) is 0 Å². The molecular formula is C17H22F2N2O3. The van der Waals surface area contributed by atoms with Crippen molar-refractivity contribution < 1.29 is 23.1 Å². The number of carbonyl (C=O) groups is 2. The van der Waals surface area contributed by atoms with Crippen molar-refractivity contribution in [3.8, 4) is 0 Å². The molecule has 0 heterocycles. The van der Waals surface area contributed by atoms with Gasteiger partial charge in [-0.2, -0.15) is 0 Å². The lowest BCUT2D eigenvalue weighted by Crippen LogP contribution is -2.43. The van der Waals surface area contributed by atoms with Gasteiger partial charge in [0.1, 0.15) is 17.7 Å². The van der Waals surface area contributed by atoms with Crippen LogP contribution in [0.5, 0.6) is 0 Å². The summed E-state index contributed by atoms with van der Waals surface area (Å²) in [6, 6.07) is 1.82. The van der Waals surface area contributed by atoms with Gasteiger partial charge in [-0.1, -0.05) is 12.8 Å². The summed E-state index contributed by atoms with van der Waals surface area (Å²) in [6.45, 7) is -0.119. The van der Waals surface area contributed by atoms with Crippen LogP contribution < -0.4 is 5.32 Å². The van der Waals surface area contributed by atoms with Crippen molar-refractivity contribution in [3.63, 3.8) is 0 Å². The second kappa shape index (κ2) is 8.19. The Labute approximate surface area is 140 Å². The minimum atomic E-state index is -1.19. The summed E-state index contributed by atoms with van der Waals surface area (Å²) < 4.78 is 32.2. The molecule has 1 aromatic rings. The largest absolute Gasteiger partial charge is 0.468 e. The SMILES string of the molecule is COC(=O)[C@H](c1cc(F)ccc1F)N(C)CC(=O)NC1CCCC1. The average molecular weight is 340 g/mol. The highest BCUT2D eigenvalue weighted by atomic mass is 19.1. The van der Waals surface area contributed by atoms with Crippen LogP contribution in [0.25, 0.3) is 0 Å². The highest BCUT2D eigenvalue weighted by molar-refractivity contribution is 5.81. The number of nitrogens with zero attached hydrogens (tertiary/aromatic N) is 1. The van der Waals surface area contributed by atoms with Crippen LogP contribution in [0.4, 0.5) is 8.78 Å². The number of rotatable bonds is 6. The van der Waals surface area contributed by atoms with E-state index in [4.69, 9.17) is 4.74 Å². The van der Waals surface area contributed by atoms with Gasteiger partial charge < -0.3 is 10.1 Å². The van der Waals surface area contributed by atoms with E-state index in [9.17, 15) is 18.4 Å². The number of likely N-dealkylation sites (N-methyl/N-ethyl adjacent to an activating group) is 1. The molecule has 1 fully saturated rings. The summed E-state index contributed by atoms with van der Waals surface area (Å²) >= 11 is 0. The van der Waals surface area contributed by atoms with Crippen LogP contribution in [0.3, 0.4) is 0 Å². The van der Waals surface area contributed by atoms with E-state index in [1.807, 2.05) is 0 Å². The van der Waals surface area contributed by atoms with Crippen molar-refractivity contribution in [2.75, 3.05) is 20.7 Å². The number of hydrogen-bond acceptors (Lipinski definition) is 4. The molecule has 1 saturated carbocycles. The third kappa shape index (κ3) is 4.50. The lowest BCUT2D eigenvalue weighted by Gasteiger charge is -2.26. The Hall–Kier alpha value is -2.02. The number of amides is 1. The quantitative estimate of drug-likeness (QED) is 0.807.